The van der Waals surface area contributed by atoms with Gasteiger partial charge >= 0.3 is 0 Å². The van der Waals surface area contributed by atoms with Crippen LogP contribution in [0.25, 0.3) is 11.3 Å². The van der Waals surface area contributed by atoms with Crippen molar-refractivity contribution in [2.24, 2.45) is 0 Å². The van der Waals surface area contributed by atoms with Crippen LogP contribution in [0.4, 0.5) is 10.8 Å². The van der Waals surface area contributed by atoms with Crippen LogP contribution < -0.4 is 11.1 Å². The predicted octanol–water partition coefficient (Wildman–Crippen LogP) is 2.47. The molecule has 0 unspecified atom stereocenters. The molecule has 0 aliphatic rings. The maximum absolute atomic E-state index is 5.96. The molecule has 3 N–H and O–H groups in total. The van der Waals surface area contributed by atoms with Gasteiger partial charge in [0.1, 0.15) is 10.8 Å². The molecule has 3 heterocycles. The van der Waals surface area contributed by atoms with Gasteiger partial charge in [-0.1, -0.05) is 0 Å². The van der Waals surface area contributed by atoms with Crippen LogP contribution in [0.5, 0.6) is 0 Å². The van der Waals surface area contributed by atoms with Gasteiger partial charge in [0.25, 0.3) is 0 Å². The first-order chi connectivity index (χ1) is 9.74. The van der Waals surface area contributed by atoms with Crippen molar-refractivity contribution >= 4 is 33.7 Å². The predicted molar refractivity (Wildman–Crippen MR) is 83.1 cm³/mol. The van der Waals surface area contributed by atoms with Crippen molar-refractivity contribution in [3.05, 3.63) is 29.1 Å². The molecule has 8 heteroatoms. The lowest BCUT2D eigenvalue weighted by molar-refractivity contribution is 0.728. The van der Waals surface area contributed by atoms with Crippen molar-refractivity contribution in [2.45, 2.75) is 13.5 Å². The fourth-order valence-electron chi connectivity index (χ4n) is 1.87. The van der Waals surface area contributed by atoms with Crippen molar-refractivity contribution in [3.8, 4) is 11.3 Å². The molecule has 0 aliphatic heterocycles. The minimum atomic E-state index is 0.533. The average Bonchev–Trinajstić information content (AvgIpc) is 3.12. The summed E-state index contributed by atoms with van der Waals surface area (Å²) in [6, 6.07) is 0. The summed E-state index contributed by atoms with van der Waals surface area (Å²) in [5.74, 6) is 0.533. The molecule has 0 aliphatic carbocycles. The number of hydrogen-bond acceptors (Lipinski definition) is 7. The number of nitrogens with one attached hydrogen (secondary N) is 1. The van der Waals surface area contributed by atoms with E-state index >= 15 is 0 Å². The third-order valence-corrected chi connectivity index (χ3v) is 4.40. The van der Waals surface area contributed by atoms with Crippen molar-refractivity contribution < 1.29 is 0 Å². The van der Waals surface area contributed by atoms with Crippen LogP contribution in [-0.4, -0.2) is 25.5 Å². The second kappa shape index (κ2) is 5.59. The van der Waals surface area contributed by atoms with Crippen molar-refractivity contribution in [2.75, 3.05) is 17.6 Å². The van der Waals surface area contributed by atoms with E-state index in [2.05, 4.69) is 19.7 Å². The van der Waals surface area contributed by atoms with E-state index in [0.717, 1.165) is 34.4 Å². The summed E-state index contributed by atoms with van der Waals surface area (Å²) in [5, 5.41) is 7.37. The standard InChI is InChI=1S/C12H14N6S2/c1-8-16-9(6-19-8)10-11(13)17-20-12(10)15-3-5-18-4-2-14-7-18/h2,4,6-7,15H,3,5H2,1H3,(H2,13,17). The second-order valence-electron chi connectivity index (χ2n) is 4.25. The van der Waals surface area contributed by atoms with Crippen LogP contribution in [0.1, 0.15) is 5.01 Å². The highest BCUT2D eigenvalue weighted by molar-refractivity contribution is 7.11. The van der Waals surface area contributed by atoms with Crippen LogP contribution in [0.15, 0.2) is 24.1 Å². The fourth-order valence-corrected chi connectivity index (χ4v) is 3.22. The van der Waals surface area contributed by atoms with Gasteiger partial charge in [0, 0.05) is 30.9 Å². The summed E-state index contributed by atoms with van der Waals surface area (Å²) in [5.41, 5.74) is 7.76. The highest BCUT2D eigenvalue weighted by Crippen LogP contribution is 2.36. The number of hydrogen-bond donors (Lipinski definition) is 2. The zero-order valence-electron chi connectivity index (χ0n) is 10.9. The lowest BCUT2D eigenvalue weighted by atomic mass is 10.2. The minimum absolute atomic E-state index is 0.533. The topological polar surface area (TPSA) is 81.6 Å². The maximum atomic E-state index is 5.96. The highest BCUT2D eigenvalue weighted by Gasteiger charge is 2.15. The number of nitrogens with two attached hydrogens (primary N) is 1. The molecular weight excluding hydrogens is 292 g/mol. The molecule has 104 valence electrons. The largest absolute Gasteiger partial charge is 0.382 e. The van der Waals surface area contributed by atoms with Gasteiger partial charge in [0.15, 0.2) is 0 Å². The number of nitrogens with zero attached hydrogens (tertiary/aromatic N) is 4. The Morgan fingerprint density at radius 3 is 3.05 bits per heavy atom. The summed E-state index contributed by atoms with van der Waals surface area (Å²) in [6.45, 7) is 3.61. The van der Waals surface area contributed by atoms with Gasteiger partial charge in [-0.25, -0.2) is 9.97 Å². The Hall–Kier alpha value is -1.93. The third-order valence-electron chi connectivity index (χ3n) is 2.81. The number of thiazole rings is 1. The van der Waals surface area contributed by atoms with Crippen molar-refractivity contribution in [3.63, 3.8) is 0 Å². The minimum Gasteiger partial charge on any atom is -0.382 e. The Labute approximate surface area is 124 Å². The van der Waals surface area contributed by atoms with Gasteiger partial charge < -0.3 is 15.6 Å². The normalized spacial score (nSPS) is 10.8. The molecule has 20 heavy (non-hydrogen) atoms. The molecule has 6 nitrogen and oxygen atoms in total. The Bertz CT molecular complexity index is 685. The Morgan fingerprint density at radius 1 is 1.45 bits per heavy atom. The highest BCUT2D eigenvalue weighted by atomic mass is 32.1. The van der Waals surface area contributed by atoms with Crippen molar-refractivity contribution in [1.29, 1.82) is 0 Å². The first-order valence-corrected chi connectivity index (χ1v) is 7.76. The maximum Gasteiger partial charge on any atom is 0.148 e. The molecule has 0 fully saturated rings. The quantitative estimate of drug-likeness (QED) is 0.756. The number of rotatable bonds is 5. The SMILES string of the molecule is Cc1nc(-c2c(N)nsc2NCCn2ccnc2)cs1. The van der Waals surface area contributed by atoms with E-state index in [1.807, 2.05) is 23.1 Å². The Morgan fingerprint density at radius 2 is 2.35 bits per heavy atom. The number of imidazole rings is 1. The van der Waals surface area contributed by atoms with E-state index in [1.165, 1.54) is 11.5 Å². The zero-order valence-corrected chi connectivity index (χ0v) is 12.5. The van der Waals surface area contributed by atoms with E-state index in [4.69, 9.17) is 5.73 Å². The van der Waals surface area contributed by atoms with Gasteiger partial charge in [0.2, 0.25) is 0 Å². The summed E-state index contributed by atoms with van der Waals surface area (Å²) in [4.78, 5) is 8.50. The molecule has 0 atom stereocenters. The van der Waals surface area contributed by atoms with Gasteiger partial charge in [-0.15, -0.1) is 11.3 Å². The summed E-state index contributed by atoms with van der Waals surface area (Å²) in [7, 11) is 0. The van der Waals surface area contributed by atoms with E-state index in [9.17, 15) is 0 Å². The number of aromatic nitrogens is 4. The van der Waals surface area contributed by atoms with Crippen LogP contribution in [-0.2, 0) is 6.54 Å². The van der Waals surface area contributed by atoms with E-state index in [0.29, 0.717) is 5.82 Å². The average molecular weight is 306 g/mol. The van der Waals surface area contributed by atoms with Gasteiger partial charge in [-0.2, -0.15) is 4.37 Å². The third kappa shape index (κ3) is 2.66. The van der Waals surface area contributed by atoms with Crippen LogP contribution >= 0.6 is 22.9 Å². The van der Waals surface area contributed by atoms with E-state index in [1.54, 1.807) is 23.9 Å². The molecule has 0 saturated carbocycles. The molecule has 0 aromatic carbocycles. The second-order valence-corrected chi connectivity index (χ2v) is 6.09. The summed E-state index contributed by atoms with van der Waals surface area (Å²) >= 11 is 2.98. The molecular formula is C12H14N6S2. The monoisotopic (exact) mass is 306 g/mol. The first-order valence-electron chi connectivity index (χ1n) is 6.11. The molecule has 3 aromatic rings. The van der Waals surface area contributed by atoms with Gasteiger partial charge in [-0.3, -0.25) is 0 Å². The van der Waals surface area contributed by atoms with Crippen LogP contribution in [0, 0.1) is 6.92 Å². The van der Waals surface area contributed by atoms with Crippen LogP contribution in [0.3, 0.4) is 0 Å². The number of aryl methyl sites for hydroxylation is 1. The molecule has 0 amide bonds. The van der Waals surface area contributed by atoms with Crippen LogP contribution in [0.2, 0.25) is 0 Å². The zero-order chi connectivity index (χ0) is 13.9. The van der Waals surface area contributed by atoms with E-state index in [-0.39, 0.29) is 0 Å². The Balaban J connectivity index is 1.74. The number of nitrogen functional groups attached to an aromatic ring is 1. The smallest absolute Gasteiger partial charge is 0.148 e. The fraction of sp³-hybridized carbons (Fsp3) is 0.250. The lowest BCUT2D eigenvalue weighted by Gasteiger charge is -2.06. The molecule has 0 bridgehead atoms. The Kier molecular flexibility index (Phi) is 3.66. The van der Waals surface area contributed by atoms with Gasteiger partial charge in [-0.05, 0) is 18.5 Å². The molecule has 0 radical (unpaired) electrons. The molecule has 0 spiro atoms. The molecule has 3 aromatic heterocycles. The molecule has 3 rings (SSSR count). The molecule has 0 saturated heterocycles. The number of anilines is 2. The summed E-state index contributed by atoms with van der Waals surface area (Å²) in [6.07, 6.45) is 5.51. The summed E-state index contributed by atoms with van der Waals surface area (Å²) < 4.78 is 6.24. The van der Waals surface area contributed by atoms with E-state index < -0.39 is 0 Å². The van der Waals surface area contributed by atoms with Crippen molar-refractivity contribution in [1.82, 2.24) is 18.9 Å². The van der Waals surface area contributed by atoms with Gasteiger partial charge in [0.05, 0.1) is 22.6 Å². The lowest BCUT2D eigenvalue weighted by Crippen LogP contribution is -2.08. The first kappa shape index (κ1) is 13.1.